The van der Waals surface area contributed by atoms with Gasteiger partial charge in [-0.1, -0.05) is 0 Å². The van der Waals surface area contributed by atoms with Crippen molar-refractivity contribution in [2.45, 2.75) is 13.1 Å². The first-order valence-corrected chi connectivity index (χ1v) is 3.70. The van der Waals surface area contributed by atoms with E-state index in [1.807, 2.05) is 7.05 Å². The zero-order chi connectivity index (χ0) is 8.72. The second-order valence-electron chi connectivity index (χ2n) is 3.04. The Bertz CT molecular complexity index is 306. The van der Waals surface area contributed by atoms with E-state index in [2.05, 4.69) is 4.90 Å². The number of aromatic carboxylic acids is 1. The number of hydrogen-bond donors (Lipinski definition) is 1. The smallest absolute Gasteiger partial charge is 0.371 e. The van der Waals surface area contributed by atoms with Gasteiger partial charge in [-0.15, -0.1) is 0 Å². The van der Waals surface area contributed by atoms with Crippen molar-refractivity contribution in [1.29, 1.82) is 0 Å². The summed E-state index contributed by atoms with van der Waals surface area (Å²) < 4.78 is 5.12. The average Bonchev–Trinajstić information content (AvgIpc) is 2.42. The summed E-state index contributed by atoms with van der Waals surface area (Å²) in [7, 11) is 1.97. The molecule has 12 heavy (non-hydrogen) atoms. The minimum absolute atomic E-state index is 0.0492. The van der Waals surface area contributed by atoms with E-state index < -0.39 is 5.97 Å². The van der Waals surface area contributed by atoms with Gasteiger partial charge < -0.3 is 9.52 Å². The zero-order valence-corrected chi connectivity index (χ0v) is 6.70. The highest BCUT2D eigenvalue weighted by atomic mass is 16.4. The fourth-order valence-electron chi connectivity index (χ4n) is 1.43. The van der Waals surface area contributed by atoms with Gasteiger partial charge in [0.2, 0.25) is 5.76 Å². The summed E-state index contributed by atoms with van der Waals surface area (Å²) >= 11 is 0. The van der Waals surface area contributed by atoms with E-state index in [1.165, 1.54) is 0 Å². The minimum Gasteiger partial charge on any atom is -0.475 e. The van der Waals surface area contributed by atoms with Gasteiger partial charge in [0.1, 0.15) is 5.76 Å². The third-order valence-corrected chi connectivity index (χ3v) is 1.96. The number of nitrogens with zero attached hydrogens (tertiary/aromatic N) is 1. The van der Waals surface area contributed by atoms with E-state index in [-0.39, 0.29) is 5.76 Å². The summed E-state index contributed by atoms with van der Waals surface area (Å²) in [5.74, 6) is -0.157. The lowest BCUT2D eigenvalue weighted by Crippen LogP contribution is -2.08. The van der Waals surface area contributed by atoms with E-state index in [4.69, 9.17) is 9.52 Å². The standard InChI is InChI=1S/C8H9NO3/c1-9-3-5-2-6(8(10)11)12-7(5)4-9/h2H,3-4H2,1H3,(H,10,11). The normalized spacial score (nSPS) is 16.4. The molecule has 4 heteroatoms. The van der Waals surface area contributed by atoms with Gasteiger partial charge in [0.05, 0.1) is 6.54 Å². The van der Waals surface area contributed by atoms with Gasteiger partial charge >= 0.3 is 5.97 Å². The molecule has 2 heterocycles. The van der Waals surface area contributed by atoms with Gasteiger partial charge in [-0.3, -0.25) is 4.90 Å². The molecule has 1 aliphatic heterocycles. The third kappa shape index (κ3) is 1.00. The number of rotatable bonds is 1. The molecule has 1 N–H and O–H groups in total. The van der Waals surface area contributed by atoms with Crippen molar-refractivity contribution in [3.8, 4) is 0 Å². The molecule has 1 aliphatic rings. The van der Waals surface area contributed by atoms with E-state index >= 15 is 0 Å². The SMILES string of the molecule is CN1Cc2cc(C(=O)O)oc2C1. The van der Waals surface area contributed by atoms with Crippen LogP contribution in [0.4, 0.5) is 0 Å². The molecule has 64 valence electrons. The van der Waals surface area contributed by atoms with Crippen LogP contribution in [0.15, 0.2) is 10.5 Å². The number of fused-ring (bicyclic) bond motifs is 1. The molecule has 1 aromatic heterocycles. The molecule has 0 saturated heterocycles. The lowest BCUT2D eigenvalue weighted by atomic mass is 10.3. The summed E-state index contributed by atoms with van der Waals surface area (Å²) in [5.41, 5.74) is 0.995. The Balaban J connectivity index is 2.34. The molecule has 0 atom stereocenters. The maximum atomic E-state index is 10.5. The maximum absolute atomic E-state index is 10.5. The van der Waals surface area contributed by atoms with Gasteiger partial charge in [0, 0.05) is 12.1 Å². The maximum Gasteiger partial charge on any atom is 0.371 e. The Kier molecular flexibility index (Phi) is 1.44. The molecular formula is C8H9NO3. The van der Waals surface area contributed by atoms with Gasteiger partial charge in [-0.05, 0) is 13.1 Å². The fraction of sp³-hybridized carbons (Fsp3) is 0.375. The average molecular weight is 167 g/mol. The van der Waals surface area contributed by atoms with E-state index in [9.17, 15) is 4.79 Å². The molecule has 0 aliphatic carbocycles. The molecule has 2 rings (SSSR count). The van der Waals surface area contributed by atoms with Gasteiger partial charge in [-0.25, -0.2) is 4.79 Å². The van der Waals surface area contributed by atoms with Crippen molar-refractivity contribution < 1.29 is 14.3 Å². The van der Waals surface area contributed by atoms with Crippen LogP contribution in [0.2, 0.25) is 0 Å². The monoisotopic (exact) mass is 167 g/mol. The van der Waals surface area contributed by atoms with Crippen molar-refractivity contribution in [3.05, 3.63) is 23.2 Å². The molecule has 0 aromatic carbocycles. The fourth-order valence-corrected chi connectivity index (χ4v) is 1.43. The minimum atomic E-state index is -0.993. The molecule has 0 radical (unpaired) electrons. The van der Waals surface area contributed by atoms with Crippen LogP contribution in [0.3, 0.4) is 0 Å². The molecule has 0 spiro atoms. The quantitative estimate of drug-likeness (QED) is 0.675. The number of carboxylic acids is 1. The Morgan fingerprint density at radius 3 is 3.00 bits per heavy atom. The first-order chi connectivity index (χ1) is 5.66. The highest BCUT2D eigenvalue weighted by molar-refractivity contribution is 5.84. The van der Waals surface area contributed by atoms with Crippen LogP contribution >= 0.6 is 0 Å². The van der Waals surface area contributed by atoms with Crippen LogP contribution in [0.25, 0.3) is 0 Å². The highest BCUT2D eigenvalue weighted by Crippen LogP contribution is 2.24. The summed E-state index contributed by atoms with van der Waals surface area (Å²) in [5, 5.41) is 8.60. The zero-order valence-electron chi connectivity index (χ0n) is 6.70. The van der Waals surface area contributed by atoms with E-state index in [0.717, 1.165) is 17.9 Å². The van der Waals surface area contributed by atoms with Crippen LogP contribution in [0.5, 0.6) is 0 Å². The largest absolute Gasteiger partial charge is 0.475 e. The Hall–Kier alpha value is -1.29. The second kappa shape index (κ2) is 2.35. The van der Waals surface area contributed by atoms with Crippen LogP contribution in [0, 0.1) is 0 Å². The number of hydrogen-bond acceptors (Lipinski definition) is 3. The van der Waals surface area contributed by atoms with Gasteiger partial charge in [0.25, 0.3) is 0 Å². The third-order valence-electron chi connectivity index (χ3n) is 1.96. The summed E-state index contributed by atoms with van der Waals surface area (Å²) in [4.78, 5) is 12.5. The van der Waals surface area contributed by atoms with Crippen LogP contribution in [-0.2, 0) is 13.1 Å². The van der Waals surface area contributed by atoms with Crippen LogP contribution in [-0.4, -0.2) is 23.0 Å². The molecule has 4 nitrogen and oxygen atoms in total. The van der Waals surface area contributed by atoms with Crippen molar-refractivity contribution in [2.75, 3.05) is 7.05 Å². The highest BCUT2D eigenvalue weighted by Gasteiger charge is 2.22. The molecular weight excluding hydrogens is 158 g/mol. The first kappa shape index (κ1) is 7.36. The lowest BCUT2D eigenvalue weighted by Gasteiger charge is -2.03. The van der Waals surface area contributed by atoms with Crippen molar-refractivity contribution in [3.63, 3.8) is 0 Å². The Labute approximate surface area is 69.4 Å². The molecule has 0 fully saturated rings. The van der Waals surface area contributed by atoms with Gasteiger partial charge in [0.15, 0.2) is 0 Å². The van der Waals surface area contributed by atoms with Crippen molar-refractivity contribution in [1.82, 2.24) is 4.90 Å². The number of furan rings is 1. The van der Waals surface area contributed by atoms with Gasteiger partial charge in [-0.2, -0.15) is 0 Å². The second-order valence-corrected chi connectivity index (χ2v) is 3.04. The lowest BCUT2D eigenvalue weighted by molar-refractivity contribution is 0.0659. The Morgan fingerprint density at radius 1 is 1.67 bits per heavy atom. The molecule has 0 amide bonds. The van der Waals surface area contributed by atoms with Crippen molar-refractivity contribution >= 4 is 5.97 Å². The predicted molar refractivity (Wildman–Crippen MR) is 40.8 cm³/mol. The van der Waals surface area contributed by atoms with E-state index in [1.54, 1.807) is 6.07 Å². The van der Waals surface area contributed by atoms with Crippen molar-refractivity contribution in [2.24, 2.45) is 0 Å². The van der Waals surface area contributed by atoms with Crippen LogP contribution in [0.1, 0.15) is 21.9 Å². The topological polar surface area (TPSA) is 53.7 Å². The first-order valence-electron chi connectivity index (χ1n) is 3.70. The predicted octanol–water partition coefficient (Wildman–Crippen LogP) is 0.923. The summed E-state index contributed by atoms with van der Waals surface area (Å²) in [6.07, 6.45) is 0. The molecule has 0 saturated carbocycles. The number of carbonyl (C=O) groups is 1. The summed E-state index contributed by atoms with van der Waals surface area (Å²) in [6.45, 7) is 1.49. The molecule has 0 bridgehead atoms. The van der Waals surface area contributed by atoms with E-state index in [0.29, 0.717) is 6.54 Å². The molecule has 0 unspecified atom stereocenters. The summed E-state index contributed by atoms with van der Waals surface area (Å²) in [6, 6.07) is 1.60. The molecule has 1 aromatic rings. The Morgan fingerprint density at radius 2 is 2.42 bits per heavy atom. The number of carboxylic acid groups (broad SMARTS) is 1. The van der Waals surface area contributed by atoms with Crippen LogP contribution < -0.4 is 0 Å².